The van der Waals surface area contributed by atoms with Crippen molar-refractivity contribution < 1.29 is 4.74 Å². The van der Waals surface area contributed by atoms with Gasteiger partial charge in [-0.05, 0) is 38.5 Å². The van der Waals surface area contributed by atoms with Gasteiger partial charge in [-0.25, -0.2) is 4.98 Å². The number of hydrogen-bond donors (Lipinski definition) is 1. The van der Waals surface area contributed by atoms with Gasteiger partial charge in [-0.15, -0.1) is 0 Å². The lowest BCUT2D eigenvalue weighted by molar-refractivity contribution is 0.185. The molecule has 20 heavy (non-hydrogen) atoms. The molecule has 0 aromatic carbocycles. The van der Waals surface area contributed by atoms with Gasteiger partial charge in [0.1, 0.15) is 11.6 Å². The number of aromatic nitrogens is 2. The SMILES string of the molecule is CCCNc1cc(OC(C)CC(C)C)nc(C2CC2)n1. The Bertz CT molecular complexity index is 430. The number of anilines is 1. The molecule has 1 aliphatic carbocycles. The van der Waals surface area contributed by atoms with Crippen LogP contribution in [0.5, 0.6) is 5.88 Å². The van der Waals surface area contributed by atoms with Crippen LogP contribution in [0.25, 0.3) is 0 Å². The monoisotopic (exact) mass is 277 g/mol. The maximum atomic E-state index is 5.97. The first kappa shape index (κ1) is 15.1. The first-order valence-electron chi connectivity index (χ1n) is 7.88. The van der Waals surface area contributed by atoms with Gasteiger partial charge in [-0.1, -0.05) is 20.8 Å². The van der Waals surface area contributed by atoms with Crippen LogP contribution in [0.3, 0.4) is 0 Å². The van der Waals surface area contributed by atoms with Crippen LogP contribution in [0.4, 0.5) is 5.82 Å². The van der Waals surface area contributed by atoms with Gasteiger partial charge in [-0.2, -0.15) is 4.98 Å². The maximum absolute atomic E-state index is 5.97. The predicted octanol–water partition coefficient (Wildman–Crippen LogP) is 3.99. The molecule has 1 unspecified atom stereocenters. The van der Waals surface area contributed by atoms with Crippen molar-refractivity contribution >= 4 is 5.82 Å². The third-order valence-electron chi connectivity index (χ3n) is 3.34. The molecule has 2 rings (SSSR count). The molecule has 112 valence electrons. The average Bonchev–Trinajstić information content (AvgIpc) is 3.19. The molecule has 0 saturated heterocycles. The maximum Gasteiger partial charge on any atom is 0.218 e. The van der Waals surface area contributed by atoms with Crippen LogP contribution in [-0.2, 0) is 0 Å². The van der Waals surface area contributed by atoms with Crippen molar-refractivity contribution in [1.29, 1.82) is 0 Å². The van der Waals surface area contributed by atoms with E-state index in [1.165, 1.54) is 12.8 Å². The van der Waals surface area contributed by atoms with Crippen molar-refractivity contribution in [1.82, 2.24) is 9.97 Å². The number of nitrogens with zero attached hydrogens (tertiary/aromatic N) is 2. The highest BCUT2D eigenvalue weighted by Crippen LogP contribution is 2.39. The van der Waals surface area contributed by atoms with Crippen LogP contribution in [0.15, 0.2) is 6.07 Å². The second-order valence-corrected chi connectivity index (χ2v) is 6.21. The molecule has 0 amide bonds. The van der Waals surface area contributed by atoms with E-state index in [-0.39, 0.29) is 6.10 Å². The highest BCUT2D eigenvalue weighted by molar-refractivity contribution is 5.39. The van der Waals surface area contributed by atoms with E-state index in [9.17, 15) is 0 Å². The topological polar surface area (TPSA) is 47.0 Å². The zero-order valence-electron chi connectivity index (χ0n) is 13.1. The standard InChI is InChI=1S/C16H27N3O/c1-5-8-17-14-10-15(20-12(4)9-11(2)3)19-16(18-14)13-6-7-13/h10-13H,5-9H2,1-4H3,(H,17,18,19). The molecule has 0 spiro atoms. The first-order chi connectivity index (χ1) is 9.58. The predicted molar refractivity (Wildman–Crippen MR) is 82.3 cm³/mol. The summed E-state index contributed by atoms with van der Waals surface area (Å²) in [5, 5.41) is 3.34. The summed E-state index contributed by atoms with van der Waals surface area (Å²) >= 11 is 0. The number of nitrogens with one attached hydrogen (secondary N) is 1. The van der Waals surface area contributed by atoms with E-state index in [1.54, 1.807) is 0 Å². The molecule has 0 bridgehead atoms. The summed E-state index contributed by atoms with van der Waals surface area (Å²) in [6.07, 6.45) is 4.73. The number of rotatable bonds is 8. The Labute approximate surface area is 122 Å². The molecule has 4 heteroatoms. The fourth-order valence-electron chi connectivity index (χ4n) is 2.29. The van der Waals surface area contributed by atoms with Gasteiger partial charge in [0.15, 0.2) is 0 Å². The van der Waals surface area contributed by atoms with E-state index in [0.29, 0.717) is 17.7 Å². The molecule has 0 aliphatic heterocycles. The smallest absolute Gasteiger partial charge is 0.218 e. The van der Waals surface area contributed by atoms with Gasteiger partial charge in [0.2, 0.25) is 5.88 Å². The van der Waals surface area contributed by atoms with E-state index in [2.05, 4.69) is 43.0 Å². The van der Waals surface area contributed by atoms with E-state index in [4.69, 9.17) is 4.74 Å². The highest BCUT2D eigenvalue weighted by Gasteiger charge is 2.27. The second-order valence-electron chi connectivity index (χ2n) is 6.21. The lowest BCUT2D eigenvalue weighted by Crippen LogP contribution is -2.16. The van der Waals surface area contributed by atoms with Crippen molar-refractivity contribution in [2.75, 3.05) is 11.9 Å². The third-order valence-corrected chi connectivity index (χ3v) is 3.34. The Morgan fingerprint density at radius 3 is 2.65 bits per heavy atom. The molecule has 1 aromatic heterocycles. The highest BCUT2D eigenvalue weighted by atomic mass is 16.5. The van der Waals surface area contributed by atoms with Crippen LogP contribution in [0.2, 0.25) is 0 Å². The van der Waals surface area contributed by atoms with Crippen molar-refractivity contribution in [3.8, 4) is 5.88 Å². The number of ether oxygens (including phenoxy) is 1. The van der Waals surface area contributed by atoms with E-state index in [0.717, 1.165) is 31.0 Å². The lowest BCUT2D eigenvalue weighted by atomic mass is 10.1. The summed E-state index contributed by atoms with van der Waals surface area (Å²) in [7, 11) is 0. The summed E-state index contributed by atoms with van der Waals surface area (Å²) in [6, 6.07) is 1.93. The zero-order chi connectivity index (χ0) is 14.5. The molecule has 4 nitrogen and oxygen atoms in total. The fourth-order valence-corrected chi connectivity index (χ4v) is 2.29. The molecule has 1 heterocycles. The lowest BCUT2D eigenvalue weighted by Gasteiger charge is -2.17. The van der Waals surface area contributed by atoms with Crippen molar-refractivity contribution in [3.63, 3.8) is 0 Å². The molecule has 1 saturated carbocycles. The zero-order valence-corrected chi connectivity index (χ0v) is 13.1. The summed E-state index contributed by atoms with van der Waals surface area (Å²) < 4.78 is 5.97. The molecular formula is C16H27N3O. The van der Waals surface area contributed by atoms with Crippen LogP contribution >= 0.6 is 0 Å². The second kappa shape index (κ2) is 6.91. The minimum absolute atomic E-state index is 0.191. The van der Waals surface area contributed by atoms with Gasteiger partial charge in [-0.3, -0.25) is 0 Å². The Balaban J connectivity index is 2.07. The fraction of sp³-hybridized carbons (Fsp3) is 0.750. The summed E-state index contributed by atoms with van der Waals surface area (Å²) in [6.45, 7) is 9.62. The van der Waals surface area contributed by atoms with Crippen LogP contribution in [0, 0.1) is 5.92 Å². The normalized spacial score (nSPS) is 16.2. The first-order valence-corrected chi connectivity index (χ1v) is 7.88. The Morgan fingerprint density at radius 1 is 1.30 bits per heavy atom. The van der Waals surface area contributed by atoms with Gasteiger partial charge in [0.05, 0.1) is 6.10 Å². The Hall–Kier alpha value is -1.32. The number of hydrogen-bond acceptors (Lipinski definition) is 4. The summed E-state index contributed by atoms with van der Waals surface area (Å²) in [5.41, 5.74) is 0. The molecule has 1 aliphatic rings. The minimum Gasteiger partial charge on any atom is -0.474 e. The Morgan fingerprint density at radius 2 is 2.05 bits per heavy atom. The van der Waals surface area contributed by atoms with Gasteiger partial charge in [0, 0.05) is 18.5 Å². The van der Waals surface area contributed by atoms with Crippen molar-refractivity contribution in [3.05, 3.63) is 11.9 Å². The molecule has 1 aromatic rings. The minimum atomic E-state index is 0.191. The quantitative estimate of drug-likeness (QED) is 0.780. The Kier molecular flexibility index (Phi) is 5.21. The van der Waals surface area contributed by atoms with Gasteiger partial charge in [0.25, 0.3) is 0 Å². The van der Waals surface area contributed by atoms with Crippen LogP contribution in [-0.4, -0.2) is 22.6 Å². The summed E-state index contributed by atoms with van der Waals surface area (Å²) in [4.78, 5) is 9.18. The molecule has 1 atom stereocenters. The molecular weight excluding hydrogens is 250 g/mol. The van der Waals surface area contributed by atoms with Gasteiger partial charge < -0.3 is 10.1 Å². The largest absolute Gasteiger partial charge is 0.474 e. The van der Waals surface area contributed by atoms with Crippen LogP contribution in [0.1, 0.15) is 65.1 Å². The average molecular weight is 277 g/mol. The van der Waals surface area contributed by atoms with Crippen molar-refractivity contribution in [2.24, 2.45) is 5.92 Å². The van der Waals surface area contributed by atoms with Crippen molar-refractivity contribution in [2.45, 2.75) is 65.4 Å². The molecule has 1 N–H and O–H groups in total. The summed E-state index contributed by atoms with van der Waals surface area (Å²) in [5.74, 6) is 3.73. The third kappa shape index (κ3) is 4.66. The van der Waals surface area contributed by atoms with E-state index < -0.39 is 0 Å². The van der Waals surface area contributed by atoms with Crippen LogP contribution < -0.4 is 10.1 Å². The van der Waals surface area contributed by atoms with E-state index >= 15 is 0 Å². The molecule has 1 fully saturated rings. The van der Waals surface area contributed by atoms with E-state index in [1.807, 2.05) is 6.07 Å². The van der Waals surface area contributed by atoms with Gasteiger partial charge >= 0.3 is 0 Å². The molecule has 0 radical (unpaired) electrons.